The average Bonchev–Trinajstić information content (AvgIpc) is 2.18. The first kappa shape index (κ1) is 11.3. The molecule has 0 radical (unpaired) electrons. The number of nitrogens with one attached hydrogen (secondary N) is 1. The molecule has 2 nitrogen and oxygen atoms in total. The van der Waals surface area contributed by atoms with E-state index in [4.69, 9.17) is 23.2 Å². The summed E-state index contributed by atoms with van der Waals surface area (Å²) in [4.78, 5) is 9.97. The largest absolute Gasteiger partial charge is 0.359 e. The SMILES string of the molecule is O=CNCCCc1ccc(Cl)c(Cl)c1. The Morgan fingerprint density at radius 3 is 2.71 bits per heavy atom. The van der Waals surface area contributed by atoms with E-state index in [1.807, 2.05) is 12.1 Å². The maximum absolute atomic E-state index is 9.97. The number of benzene rings is 1. The molecule has 0 saturated heterocycles. The summed E-state index contributed by atoms with van der Waals surface area (Å²) < 4.78 is 0. The van der Waals surface area contributed by atoms with Gasteiger partial charge in [-0.2, -0.15) is 0 Å². The summed E-state index contributed by atoms with van der Waals surface area (Å²) in [5.41, 5.74) is 1.13. The number of rotatable bonds is 5. The van der Waals surface area contributed by atoms with Crippen molar-refractivity contribution in [2.24, 2.45) is 0 Å². The highest BCUT2D eigenvalue weighted by atomic mass is 35.5. The lowest BCUT2D eigenvalue weighted by Gasteiger charge is -2.02. The zero-order chi connectivity index (χ0) is 10.4. The van der Waals surface area contributed by atoms with Crippen molar-refractivity contribution in [2.45, 2.75) is 12.8 Å². The Morgan fingerprint density at radius 2 is 2.07 bits per heavy atom. The normalized spacial score (nSPS) is 9.86. The minimum absolute atomic E-state index is 0.571. The Morgan fingerprint density at radius 1 is 1.29 bits per heavy atom. The molecule has 76 valence electrons. The van der Waals surface area contributed by atoms with Gasteiger partial charge in [-0.05, 0) is 30.5 Å². The zero-order valence-electron chi connectivity index (χ0n) is 7.59. The predicted molar refractivity (Wildman–Crippen MR) is 58.8 cm³/mol. The molecule has 1 N–H and O–H groups in total. The van der Waals surface area contributed by atoms with Crippen molar-refractivity contribution in [3.63, 3.8) is 0 Å². The van der Waals surface area contributed by atoms with Gasteiger partial charge in [-0.3, -0.25) is 4.79 Å². The Labute approximate surface area is 93.2 Å². The number of hydrogen-bond acceptors (Lipinski definition) is 1. The van der Waals surface area contributed by atoms with Gasteiger partial charge in [-0.15, -0.1) is 0 Å². The van der Waals surface area contributed by atoms with Gasteiger partial charge in [0.25, 0.3) is 0 Å². The molecule has 0 spiro atoms. The Bertz CT molecular complexity index is 315. The Balaban J connectivity index is 2.43. The van der Waals surface area contributed by atoms with Crippen molar-refractivity contribution in [3.05, 3.63) is 33.8 Å². The second-order valence-electron chi connectivity index (χ2n) is 2.92. The molecule has 0 fully saturated rings. The minimum Gasteiger partial charge on any atom is -0.359 e. The van der Waals surface area contributed by atoms with Crippen LogP contribution in [0.3, 0.4) is 0 Å². The lowest BCUT2D eigenvalue weighted by Crippen LogP contribution is -2.12. The van der Waals surface area contributed by atoms with Crippen molar-refractivity contribution < 1.29 is 4.79 Å². The average molecular weight is 232 g/mol. The molecule has 1 aromatic rings. The number of carbonyl (C=O) groups is 1. The first-order chi connectivity index (χ1) is 6.74. The summed E-state index contributed by atoms with van der Waals surface area (Å²) in [7, 11) is 0. The van der Waals surface area contributed by atoms with Crippen LogP contribution in [0.1, 0.15) is 12.0 Å². The topological polar surface area (TPSA) is 29.1 Å². The molecular weight excluding hydrogens is 221 g/mol. The smallest absolute Gasteiger partial charge is 0.207 e. The molecule has 0 aliphatic heterocycles. The highest BCUT2D eigenvalue weighted by Crippen LogP contribution is 2.22. The van der Waals surface area contributed by atoms with Crippen LogP contribution in [0.15, 0.2) is 18.2 Å². The minimum atomic E-state index is 0.571. The predicted octanol–water partition coefficient (Wildman–Crippen LogP) is 2.67. The van der Waals surface area contributed by atoms with Crippen LogP contribution in [0.4, 0.5) is 0 Å². The molecule has 0 heterocycles. The van der Waals surface area contributed by atoms with Gasteiger partial charge in [0, 0.05) is 6.54 Å². The van der Waals surface area contributed by atoms with Crippen LogP contribution in [0.2, 0.25) is 10.0 Å². The molecule has 0 aromatic heterocycles. The van der Waals surface area contributed by atoms with Crippen LogP contribution >= 0.6 is 23.2 Å². The van der Waals surface area contributed by atoms with E-state index in [9.17, 15) is 4.79 Å². The van der Waals surface area contributed by atoms with Gasteiger partial charge in [0.1, 0.15) is 0 Å². The van der Waals surface area contributed by atoms with Crippen LogP contribution in [-0.4, -0.2) is 13.0 Å². The van der Waals surface area contributed by atoms with Crippen molar-refractivity contribution >= 4 is 29.6 Å². The second kappa shape index (κ2) is 5.89. The van der Waals surface area contributed by atoms with Crippen molar-refractivity contribution in [1.82, 2.24) is 5.32 Å². The van der Waals surface area contributed by atoms with E-state index < -0.39 is 0 Å². The van der Waals surface area contributed by atoms with Gasteiger partial charge in [0.15, 0.2) is 0 Å². The van der Waals surface area contributed by atoms with Crippen molar-refractivity contribution in [3.8, 4) is 0 Å². The van der Waals surface area contributed by atoms with E-state index in [1.54, 1.807) is 6.07 Å². The number of amides is 1. The number of aryl methyl sites for hydroxylation is 1. The highest BCUT2D eigenvalue weighted by molar-refractivity contribution is 6.42. The third-order valence-electron chi connectivity index (χ3n) is 1.85. The first-order valence-corrected chi connectivity index (χ1v) is 5.10. The standard InChI is InChI=1S/C10H11Cl2NO/c11-9-4-3-8(6-10(9)12)2-1-5-13-7-14/h3-4,6-7H,1-2,5H2,(H,13,14). The number of hydrogen-bond donors (Lipinski definition) is 1. The monoisotopic (exact) mass is 231 g/mol. The van der Waals surface area contributed by atoms with Gasteiger partial charge < -0.3 is 5.32 Å². The third kappa shape index (κ3) is 3.56. The Kier molecular flexibility index (Phi) is 4.77. The molecule has 1 amide bonds. The van der Waals surface area contributed by atoms with E-state index in [0.29, 0.717) is 23.0 Å². The summed E-state index contributed by atoms with van der Waals surface area (Å²) in [6.07, 6.45) is 2.49. The third-order valence-corrected chi connectivity index (χ3v) is 2.59. The fourth-order valence-corrected chi connectivity index (χ4v) is 1.47. The molecule has 14 heavy (non-hydrogen) atoms. The molecule has 0 bridgehead atoms. The number of halogens is 2. The molecule has 0 unspecified atom stereocenters. The highest BCUT2D eigenvalue weighted by Gasteiger charge is 1.98. The van der Waals surface area contributed by atoms with Crippen LogP contribution in [0, 0.1) is 0 Å². The molecule has 0 saturated carbocycles. The van der Waals surface area contributed by atoms with Gasteiger partial charge in [-0.25, -0.2) is 0 Å². The first-order valence-electron chi connectivity index (χ1n) is 4.35. The summed E-state index contributed by atoms with van der Waals surface area (Å²) in [6.45, 7) is 0.684. The van der Waals surface area contributed by atoms with Gasteiger partial charge >= 0.3 is 0 Å². The van der Waals surface area contributed by atoms with Crippen molar-refractivity contribution in [2.75, 3.05) is 6.54 Å². The van der Waals surface area contributed by atoms with E-state index in [0.717, 1.165) is 18.4 Å². The molecule has 0 aliphatic rings. The lowest BCUT2D eigenvalue weighted by molar-refractivity contribution is -0.109. The van der Waals surface area contributed by atoms with Gasteiger partial charge in [0.2, 0.25) is 6.41 Å². The molecular formula is C10H11Cl2NO. The second-order valence-corrected chi connectivity index (χ2v) is 3.74. The maximum Gasteiger partial charge on any atom is 0.207 e. The zero-order valence-corrected chi connectivity index (χ0v) is 9.11. The number of carbonyl (C=O) groups excluding carboxylic acids is 1. The molecule has 4 heteroatoms. The van der Waals surface area contributed by atoms with Crippen LogP contribution < -0.4 is 5.32 Å². The summed E-state index contributed by atoms with van der Waals surface area (Å²) in [6, 6.07) is 5.58. The summed E-state index contributed by atoms with van der Waals surface area (Å²) in [5.74, 6) is 0. The summed E-state index contributed by atoms with van der Waals surface area (Å²) >= 11 is 11.6. The lowest BCUT2D eigenvalue weighted by atomic mass is 10.1. The fraction of sp³-hybridized carbons (Fsp3) is 0.300. The Hall–Kier alpha value is -0.730. The summed E-state index contributed by atoms with van der Waals surface area (Å²) in [5, 5.41) is 3.75. The van der Waals surface area contributed by atoms with Crippen LogP contribution in [0.25, 0.3) is 0 Å². The van der Waals surface area contributed by atoms with E-state index in [2.05, 4.69) is 5.32 Å². The maximum atomic E-state index is 9.97. The molecule has 1 aromatic carbocycles. The van der Waals surface area contributed by atoms with Crippen LogP contribution in [-0.2, 0) is 11.2 Å². The molecule has 0 aliphatic carbocycles. The van der Waals surface area contributed by atoms with Gasteiger partial charge in [0.05, 0.1) is 10.0 Å². The van der Waals surface area contributed by atoms with E-state index in [1.165, 1.54) is 0 Å². The molecule has 1 rings (SSSR count). The van der Waals surface area contributed by atoms with Crippen LogP contribution in [0.5, 0.6) is 0 Å². The van der Waals surface area contributed by atoms with Gasteiger partial charge in [-0.1, -0.05) is 29.3 Å². The fourth-order valence-electron chi connectivity index (χ4n) is 1.15. The van der Waals surface area contributed by atoms with Crippen molar-refractivity contribution in [1.29, 1.82) is 0 Å². The van der Waals surface area contributed by atoms with E-state index >= 15 is 0 Å². The molecule has 0 atom stereocenters. The quantitative estimate of drug-likeness (QED) is 0.613. The van der Waals surface area contributed by atoms with E-state index in [-0.39, 0.29) is 0 Å².